The summed E-state index contributed by atoms with van der Waals surface area (Å²) in [4.78, 5) is 16.5. The fraction of sp³-hybridized carbons (Fsp3) is 0.143. The zero-order valence-electron chi connectivity index (χ0n) is 18.9. The normalized spacial score (nSPS) is 10.8. The number of aromatic carboxylic acids is 1. The molecule has 0 radical (unpaired) electrons. The van der Waals surface area contributed by atoms with E-state index < -0.39 is 5.97 Å². The first kappa shape index (κ1) is 22.1. The van der Waals surface area contributed by atoms with Gasteiger partial charge in [-0.2, -0.15) is 0 Å². The summed E-state index contributed by atoms with van der Waals surface area (Å²) in [6.45, 7) is 5.88. The van der Waals surface area contributed by atoms with E-state index in [0.717, 1.165) is 33.7 Å². The van der Waals surface area contributed by atoms with Gasteiger partial charge in [0.05, 0.1) is 34.9 Å². The van der Waals surface area contributed by atoms with Gasteiger partial charge in [0, 0.05) is 11.1 Å². The Labute approximate surface area is 193 Å². The topological polar surface area (TPSA) is 71.5 Å². The molecule has 166 valence electrons. The van der Waals surface area contributed by atoms with Crippen LogP contribution in [0.15, 0.2) is 85.1 Å². The maximum absolute atomic E-state index is 11.7. The average Bonchev–Trinajstić information content (AvgIpc) is 2.80. The molecule has 0 saturated carbocycles. The molecule has 1 heterocycles. The standard InChI is InChI=1S/C28H26N2O3/c1-18(2)33-23-13-8-12-21(15-23)27-25(20-10-5-4-6-11-20)16-22(17-29-27)30-26-19(3)9-7-14-24(26)28(31)32/h4-18,30H,1-3H3,(H,31,32). The number of nitrogens with one attached hydrogen (secondary N) is 1. The van der Waals surface area contributed by atoms with Crippen LogP contribution in [0, 0.1) is 6.92 Å². The zero-order valence-corrected chi connectivity index (χ0v) is 18.9. The number of pyridine rings is 1. The Kier molecular flexibility index (Phi) is 6.41. The van der Waals surface area contributed by atoms with Crippen LogP contribution in [0.3, 0.4) is 0 Å². The van der Waals surface area contributed by atoms with Gasteiger partial charge in [-0.15, -0.1) is 0 Å². The lowest BCUT2D eigenvalue weighted by molar-refractivity contribution is 0.0698. The van der Waals surface area contributed by atoms with Crippen molar-refractivity contribution in [2.24, 2.45) is 0 Å². The molecule has 33 heavy (non-hydrogen) atoms. The summed E-state index contributed by atoms with van der Waals surface area (Å²) in [5.74, 6) is -0.187. The van der Waals surface area contributed by atoms with Crippen LogP contribution < -0.4 is 10.1 Å². The summed E-state index contributed by atoms with van der Waals surface area (Å²) >= 11 is 0. The van der Waals surface area contributed by atoms with Gasteiger partial charge in [-0.1, -0.05) is 54.6 Å². The molecule has 0 atom stereocenters. The lowest BCUT2D eigenvalue weighted by atomic mass is 9.98. The summed E-state index contributed by atoms with van der Waals surface area (Å²) < 4.78 is 5.88. The Morgan fingerprint density at radius 2 is 1.67 bits per heavy atom. The van der Waals surface area contributed by atoms with Crippen molar-refractivity contribution in [2.45, 2.75) is 26.9 Å². The van der Waals surface area contributed by atoms with Crippen LogP contribution in [0.1, 0.15) is 29.8 Å². The highest BCUT2D eigenvalue weighted by atomic mass is 16.5. The highest BCUT2D eigenvalue weighted by molar-refractivity contribution is 5.96. The van der Waals surface area contributed by atoms with Gasteiger partial charge in [0.1, 0.15) is 5.75 Å². The van der Waals surface area contributed by atoms with Crippen molar-refractivity contribution < 1.29 is 14.6 Å². The molecule has 3 aromatic carbocycles. The molecule has 1 aromatic heterocycles. The van der Waals surface area contributed by atoms with E-state index in [2.05, 4.69) is 5.32 Å². The highest BCUT2D eigenvalue weighted by Gasteiger charge is 2.15. The number of nitrogens with zero attached hydrogens (tertiary/aromatic N) is 1. The summed E-state index contributed by atoms with van der Waals surface area (Å²) in [5, 5.41) is 12.9. The molecule has 0 aliphatic heterocycles. The van der Waals surface area contributed by atoms with E-state index in [0.29, 0.717) is 11.4 Å². The van der Waals surface area contributed by atoms with Gasteiger partial charge in [0.2, 0.25) is 0 Å². The molecule has 5 nitrogen and oxygen atoms in total. The summed E-state index contributed by atoms with van der Waals surface area (Å²) in [6.07, 6.45) is 1.81. The van der Waals surface area contributed by atoms with Gasteiger partial charge < -0.3 is 15.2 Å². The van der Waals surface area contributed by atoms with Gasteiger partial charge in [0.15, 0.2) is 0 Å². The number of aromatic nitrogens is 1. The van der Waals surface area contributed by atoms with Crippen LogP contribution in [-0.2, 0) is 0 Å². The number of rotatable bonds is 7. The van der Waals surface area contributed by atoms with Crippen molar-refractivity contribution in [1.82, 2.24) is 4.98 Å². The molecular weight excluding hydrogens is 412 g/mol. The number of benzene rings is 3. The largest absolute Gasteiger partial charge is 0.491 e. The molecule has 0 saturated heterocycles. The van der Waals surface area contributed by atoms with E-state index in [1.807, 2.05) is 87.5 Å². The number of carbonyl (C=O) groups is 1. The smallest absolute Gasteiger partial charge is 0.337 e. The van der Waals surface area contributed by atoms with Crippen molar-refractivity contribution in [2.75, 3.05) is 5.32 Å². The van der Waals surface area contributed by atoms with Crippen molar-refractivity contribution >= 4 is 17.3 Å². The maximum atomic E-state index is 11.7. The molecule has 5 heteroatoms. The number of anilines is 2. The minimum atomic E-state index is -0.976. The summed E-state index contributed by atoms with van der Waals surface area (Å²) in [7, 11) is 0. The van der Waals surface area contributed by atoms with Gasteiger partial charge in [-0.05, 0) is 56.2 Å². The first-order chi connectivity index (χ1) is 15.9. The molecule has 2 N–H and O–H groups in total. The molecule has 0 fully saturated rings. The number of para-hydroxylation sites is 1. The average molecular weight is 439 g/mol. The van der Waals surface area contributed by atoms with Gasteiger partial charge in [-0.25, -0.2) is 4.79 Å². The number of carboxylic acids is 1. The van der Waals surface area contributed by atoms with Crippen molar-refractivity contribution in [1.29, 1.82) is 0 Å². The number of ether oxygens (including phenoxy) is 1. The number of aryl methyl sites for hydroxylation is 1. The van der Waals surface area contributed by atoms with E-state index in [9.17, 15) is 9.90 Å². The second kappa shape index (κ2) is 9.57. The fourth-order valence-corrected chi connectivity index (χ4v) is 3.75. The van der Waals surface area contributed by atoms with Crippen LogP contribution in [0.2, 0.25) is 0 Å². The van der Waals surface area contributed by atoms with Crippen LogP contribution in [0.4, 0.5) is 11.4 Å². The van der Waals surface area contributed by atoms with Gasteiger partial charge in [-0.3, -0.25) is 4.98 Å². The Balaban J connectivity index is 1.81. The molecule has 0 aliphatic rings. The van der Waals surface area contributed by atoms with Crippen LogP contribution >= 0.6 is 0 Å². The first-order valence-corrected chi connectivity index (χ1v) is 10.8. The van der Waals surface area contributed by atoms with Crippen LogP contribution in [-0.4, -0.2) is 22.2 Å². The van der Waals surface area contributed by atoms with E-state index in [1.165, 1.54) is 0 Å². The number of hydrogen-bond donors (Lipinski definition) is 2. The Bertz CT molecular complexity index is 1280. The number of hydrogen-bond acceptors (Lipinski definition) is 4. The molecule has 0 spiro atoms. The lowest BCUT2D eigenvalue weighted by Crippen LogP contribution is -2.06. The third-order valence-corrected chi connectivity index (χ3v) is 5.22. The molecule has 4 rings (SSSR count). The third kappa shape index (κ3) is 5.04. The van der Waals surface area contributed by atoms with Gasteiger partial charge in [0.25, 0.3) is 0 Å². The quantitative estimate of drug-likeness (QED) is 0.327. The SMILES string of the molecule is Cc1cccc(C(=O)O)c1Nc1cnc(-c2cccc(OC(C)C)c2)c(-c2ccccc2)c1. The minimum Gasteiger partial charge on any atom is -0.491 e. The second-order valence-electron chi connectivity index (χ2n) is 8.11. The zero-order chi connectivity index (χ0) is 23.4. The molecule has 0 aliphatic carbocycles. The van der Waals surface area contributed by atoms with Crippen molar-refractivity contribution in [3.05, 3.63) is 96.2 Å². The van der Waals surface area contributed by atoms with E-state index in [1.54, 1.807) is 18.3 Å². The molecule has 4 aromatic rings. The van der Waals surface area contributed by atoms with E-state index in [-0.39, 0.29) is 11.7 Å². The monoisotopic (exact) mass is 438 g/mol. The Morgan fingerprint density at radius 1 is 0.939 bits per heavy atom. The predicted molar refractivity (Wildman–Crippen MR) is 132 cm³/mol. The first-order valence-electron chi connectivity index (χ1n) is 10.8. The van der Waals surface area contributed by atoms with E-state index >= 15 is 0 Å². The molecular formula is C28H26N2O3. The van der Waals surface area contributed by atoms with Crippen molar-refractivity contribution in [3.63, 3.8) is 0 Å². The van der Waals surface area contributed by atoms with E-state index in [4.69, 9.17) is 9.72 Å². The molecule has 0 bridgehead atoms. The Hall–Kier alpha value is -4.12. The Morgan fingerprint density at radius 3 is 2.39 bits per heavy atom. The molecule has 0 amide bonds. The minimum absolute atomic E-state index is 0.0749. The summed E-state index contributed by atoms with van der Waals surface area (Å²) in [5.41, 5.74) is 6.06. The fourth-order valence-electron chi connectivity index (χ4n) is 3.75. The second-order valence-corrected chi connectivity index (χ2v) is 8.11. The highest BCUT2D eigenvalue weighted by Crippen LogP contribution is 2.35. The van der Waals surface area contributed by atoms with Crippen LogP contribution in [0.5, 0.6) is 5.75 Å². The van der Waals surface area contributed by atoms with Crippen molar-refractivity contribution in [3.8, 4) is 28.1 Å². The third-order valence-electron chi connectivity index (χ3n) is 5.22. The maximum Gasteiger partial charge on any atom is 0.337 e. The van der Waals surface area contributed by atoms with Gasteiger partial charge >= 0.3 is 5.97 Å². The predicted octanol–water partition coefficient (Wildman–Crippen LogP) is 6.95. The molecule has 0 unspecified atom stereocenters. The summed E-state index contributed by atoms with van der Waals surface area (Å²) in [6, 6.07) is 25.2. The van der Waals surface area contributed by atoms with Crippen LogP contribution in [0.25, 0.3) is 22.4 Å². The lowest BCUT2D eigenvalue weighted by Gasteiger charge is -2.16. The number of carboxylic acid groups (broad SMARTS) is 1.